The lowest BCUT2D eigenvalue weighted by Crippen LogP contribution is -2.28. The van der Waals surface area contributed by atoms with Crippen molar-refractivity contribution in [3.8, 4) is 0 Å². The maximum atomic E-state index is 4.75. The number of nitrogens with zero attached hydrogens (tertiary/aromatic N) is 1. The molecule has 1 N–H and O–H groups in total. The van der Waals surface area contributed by atoms with Crippen LogP contribution in [0.2, 0.25) is 0 Å². The van der Waals surface area contributed by atoms with E-state index in [2.05, 4.69) is 39.4 Å². The highest BCUT2D eigenvalue weighted by atomic mass is 79.9. The summed E-state index contributed by atoms with van der Waals surface area (Å²) >= 11 is 5.33. The minimum Gasteiger partial charge on any atom is -0.316 e. The van der Waals surface area contributed by atoms with E-state index < -0.39 is 0 Å². The summed E-state index contributed by atoms with van der Waals surface area (Å²) in [6.07, 6.45) is 2.54. The minimum absolute atomic E-state index is 0.616. The largest absolute Gasteiger partial charge is 0.316 e. The summed E-state index contributed by atoms with van der Waals surface area (Å²) in [6, 6.07) is 6.34. The third-order valence-corrected chi connectivity index (χ3v) is 4.70. The van der Waals surface area contributed by atoms with Gasteiger partial charge in [0, 0.05) is 16.9 Å². The van der Waals surface area contributed by atoms with Gasteiger partial charge in [-0.2, -0.15) is 0 Å². The Hall–Kier alpha value is -0.450. The molecule has 1 atom stereocenters. The van der Waals surface area contributed by atoms with Crippen molar-refractivity contribution in [3.63, 3.8) is 0 Å². The Morgan fingerprint density at radius 1 is 1.44 bits per heavy atom. The number of hydrogen-bond donors (Lipinski definition) is 1. The first-order valence-corrected chi connectivity index (χ1v) is 7.20. The average Bonchev–Trinajstić information content (AvgIpc) is 2.73. The van der Waals surface area contributed by atoms with Gasteiger partial charge in [-0.3, -0.25) is 0 Å². The van der Waals surface area contributed by atoms with E-state index in [-0.39, 0.29) is 0 Å². The van der Waals surface area contributed by atoms with Crippen LogP contribution in [0.25, 0.3) is 10.2 Å². The highest BCUT2D eigenvalue weighted by Gasteiger charge is 2.18. The second-order valence-electron chi connectivity index (χ2n) is 4.21. The lowest BCUT2D eigenvalue weighted by molar-refractivity contribution is 0.461. The number of halogens is 1. The molecule has 2 aromatic rings. The Labute approximate surface area is 107 Å². The van der Waals surface area contributed by atoms with Crippen molar-refractivity contribution in [2.24, 2.45) is 0 Å². The van der Waals surface area contributed by atoms with Gasteiger partial charge in [-0.1, -0.05) is 15.9 Å². The maximum absolute atomic E-state index is 4.75. The normalized spacial score (nSPS) is 21.4. The summed E-state index contributed by atoms with van der Waals surface area (Å²) in [5, 5.41) is 4.74. The molecule has 0 radical (unpaired) electrons. The molecule has 0 aliphatic carbocycles. The summed E-state index contributed by atoms with van der Waals surface area (Å²) in [4.78, 5) is 4.75. The monoisotopic (exact) mass is 296 g/mol. The third-order valence-electron chi connectivity index (χ3n) is 3.01. The zero-order valence-corrected chi connectivity index (χ0v) is 11.3. The summed E-state index contributed by atoms with van der Waals surface area (Å²) < 4.78 is 2.40. The molecule has 1 unspecified atom stereocenters. The molecule has 84 valence electrons. The Kier molecular flexibility index (Phi) is 2.96. The molecule has 1 aliphatic heterocycles. The van der Waals surface area contributed by atoms with Gasteiger partial charge in [0.1, 0.15) is 0 Å². The average molecular weight is 297 g/mol. The van der Waals surface area contributed by atoms with E-state index in [1.807, 2.05) is 11.3 Å². The van der Waals surface area contributed by atoms with Crippen molar-refractivity contribution >= 4 is 37.5 Å². The number of fused-ring (bicyclic) bond motifs is 1. The van der Waals surface area contributed by atoms with Gasteiger partial charge in [-0.25, -0.2) is 4.98 Å². The van der Waals surface area contributed by atoms with Gasteiger partial charge in [0.25, 0.3) is 0 Å². The Bertz CT molecular complexity index is 503. The number of piperidine rings is 1. The SMILES string of the molecule is Brc1ccc2sc(C3CCCNC3)nc2c1. The molecule has 4 heteroatoms. The standard InChI is InChI=1S/C12H13BrN2S/c13-9-3-4-11-10(6-9)15-12(16-11)8-2-1-5-14-7-8/h3-4,6,8,14H,1-2,5,7H2. The van der Waals surface area contributed by atoms with Gasteiger partial charge in [-0.15, -0.1) is 11.3 Å². The molecule has 1 aliphatic rings. The van der Waals surface area contributed by atoms with E-state index in [0.29, 0.717) is 5.92 Å². The van der Waals surface area contributed by atoms with E-state index >= 15 is 0 Å². The topological polar surface area (TPSA) is 24.9 Å². The van der Waals surface area contributed by atoms with Crippen LogP contribution in [-0.4, -0.2) is 18.1 Å². The Morgan fingerprint density at radius 3 is 3.19 bits per heavy atom. The second-order valence-corrected chi connectivity index (χ2v) is 6.19. The van der Waals surface area contributed by atoms with Crippen LogP contribution in [0.5, 0.6) is 0 Å². The fraction of sp³-hybridized carbons (Fsp3) is 0.417. The fourth-order valence-corrected chi connectivity index (χ4v) is 3.59. The highest BCUT2D eigenvalue weighted by Crippen LogP contribution is 2.32. The van der Waals surface area contributed by atoms with E-state index in [1.165, 1.54) is 22.5 Å². The molecule has 2 nitrogen and oxygen atoms in total. The molecule has 0 saturated carbocycles. The van der Waals surface area contributed by atoms with Crippen LogP contribution in [0.15, 0.2) is 22.7 Å². The third kappa shape index (κ3) is 2.01. The lowest BCUT2D eigenvalue weighted by Gasteiger charge is -2.20. The molecule has 1 aromatic carbocycles. The van der Waals surface area contributed by atoms with E-state index in [0.717, 1.165) is 23.1 Å². The van der Waals surface area contributed by atoms with Crippen molar-refractivity contribution < 1.29 is 0 Å². The molecule has 0 bridgehead atoms. The molecular formula is C12H13BrN2S. The highest BCUT2D eigenvalue weighted by molar-refractivity contribution is 9.10. The van der Waals surface area contributed by atoms with Crippen LogP contribution < -0.4 is 5.32 Å². The molecular weight excluding hydrogens is 284 g/mol. The van der Waals surface area contributed by atoms with Crippen molar-refractivity contribution in [3.05, 3.63) is 27.7 Å². The van der Waals surface area contributed by atoms with Crippen LogP contribution >= 0.6 is 27.3 Å². The number of nitrogens with one attached hydrogen (secondary N) is 1. The van der Waals surface area contributed by atoms with Gasteiger partial charge >= 0.3 is 0 Å². The van der Waals surface area contributed by atoms with E-state index in [9.17, 15) is 0 Å². The number of aromatic nitrogens is 1. The summed E-state index contributed by atoms with van der Waals surface area (Å²) in [6.45, 7) is 2.24. The van der Waals surface area contributed by atoms with Gasteiger partial charge < -0.3 is 5.32 Å². The fourth-order valence-electron chi connectivity index (χ4n) is 2.16. The first kappa shape index (κ1) is 10.7. The van der Waals surface area contributed by atoms with Gasteiger partial charge in [0.2, 0.25) is 0 Å². The molecule has 1 saturated heterocycles. The van der Waals surface area contributed by atoms with Crippen molar-refractivity contribution in [2.75, 3.05) is 13.1 Å². The quantitative estimate of drug-likeness (QED) is 0.871. The first-order valence-electron chi connectivity index (χ1n) is 5.59. The number of thiazole rings is 1. The predicted molar refractivity (Wildman–Crippen MR) is 72.2 cm³/mol. The van der Waals surface area contributed by atoms with Crippen molar-refractivity contribution in [1.82, 2.24) is 10.3 Å². The van der Waals surface area contributed by atoms with Crippen LogP contribution in [-0.2, 0) is 0 Å². The van der Waals surface area contributed by atoms with Gasteiger partial charge in [0.15, 0.2) is 0 Å². The molecule has 0 amide bonds. The van der Waals surface area contributed by atoms with Crippen LogP contribution in [0.4, 0.5) is 0 Å². The Morgan fingerprint density at radius 2 is 2.38 bits per heavy atom. The molecule has 1 aromatic heterocycles. The van der Waals surface area contributed by atoms with Gasteiger partial charge in [-0.05, 0) is 37.6 Å². The number of rotatable bonds is 1. The summed E-state index contributed by atoms with van der Waals surface area (Å²) in [5.41, 5.74) is 1.12. The maximum Gasteiger partial charge on any atom is 0.0982 e. The van der Waals surface area contributed by atoms with E-state index in [1.54, 1.807) is 0 Å². The van der Waals surface area contributed by atoms with Crippen LogP contribution in [0, 0.1) is 0 Å². The zero-order valence-electron chi connectivity index (χ0n) is 8.87. The Balaban J connectivity index is 1.97. The molecule has 2 heterocycles. The van der Waals surface area contributed by atoms with Crippen molar-refractivity contribution in [2.45, 2.75) is 18.8 Å². The molecule has 16 heavy (non-hydrogen) atoms. The van der Waals surface area contributed by atoms with E-state index in [4.69, 9.17) is 4.98 Å². The number of benzene rings is 1. The molecule has 3 rings (SSSR count). The first-order chi connectivity index (χ1) is 7.83. The summed E-state index contributed by atoms with van der Waals surface area (Å²) in [7, 11) is 0. The van der Waals surface area contributed by atoms with Crippen LogP contribution in [0.3, 0.4) is 0 Å². The number of hydrogen-bond acceptors (Lipinski definition) is 3. The zero-order chi connectivity index (χ0) is 11.0. The summed E-state index contributed by atoms with van der Waals surface area (Å²) in [5.74, 6) is 0.616. The minimum atomic E-state index is 0.616. The molecule has 0 spiro atoms. The van der Waals surface area contributed by atoms with Crippen molar-refractivity contribution in [1.29, 1.82) is 0 Å². The predicted octanol–water partition coefficient (Wildman–Crippen LogP) is 3.53. The smallest absolute Gasteiger partial charge is 0.0982 e. The second kappa shape index (κ2) is 4.43. The molecule has 1 fully saturated rings. The van der Waals surface area contributed by atoms with Gasteiger partial charge in [0.05, 0.1) is 15.2 Å². The van der Waals surface area contributed by atoms with Crippen LogP contribution in [0.1, 0.15) is 23.8 Å². The lowest BCUT2D eigenvalue weighted by atomic mass is 10.0.